The molecule has 3 aromatic heterocycles. The van der Waals surface area contributed by atoms with Gasteiger partial charge in [0.1, 0.15) is 5.75 Å². The number of fused-ring (bicyclic) bond motifs is 1. The molecule has 33 heavy (non-hydrogen) atoms. The molecule has 0 fully saturated rings. The van der Waals surface area contributed by atoms with E-state index in [4.69, 9.17) is 9.72 Å². The number of rotatable bonds is 6. The summed E-state index contributed by atoms with van der Waals surface area (Å²) in [6, 6.07) is 22.1. The highest BCUT2D eigenvalue weighted by molar-refractivity contribution is 6.12. The predicted molar refractivity (Wildman–Crippen MR) is 125 cm³/mol. The number of pyridine rings is 1. The molecule has 0 unspecified atom stereocenters. The Morgan fingerprint density at radius 3 is 2.58 bits per heavy atom. The molecule has 0 atom stereocenters. The van der Waals surface area contributed by atoms with Gasteiger partial charge in [-0.1, -0.05) is 30.3 Å². The summed E-state index contributed by atoms with van der Waals surface area (Å²) in [6.07, 6.45) is 3.27. The standard InChI is InChI=1S/C25H20N6O2/c1-2-31-24-21(16-27-31)20(15-22(29-24)17-7-4-3-5-8-17)25(32)28-18-10-12-19(13-11-18)33-23-9-6-14-26-30-23/h3-16H,2H2,1H3,(H,28,32). The van der Waals surface area contributed by atoms with E-state index in [0.29, 0.717) is 40.5 Å². The minimum Gasteiger partial charge on any atom is -0.438 e. The van der Waals surface area contributed by atoms with Gasteiger partial charge in [0, 0.05) is 30.1 Å². The molecule has 0 saturated heterocycles. The second kappa shape index (κ2) is 8.88. The van der Waals surface area contributed by atoms with Crippen LogP contribution in [0.1, 0.15) is 17.3 Å². The van der Waals surface area contributed by atoms with Crippen molar-refractivity contribution in [3.8, 4) is 22.9 Å². The quantitative estimate of drug-likeness (QED) is 0.405. The first-order chi connectivity index (χ1) is 16.2. The Morgan fingerprint density at radius 1 is 1.03 bits per heavy atom. The van der Waals surface area contributed by atoms with Crippen LogP contribution < -0.4 is 10.1 Å². The van der Waals surface area contributed by atoms with Gasteiger partial charge >= 0.3 is 0 Å². The normalized spacial score (nSPS) is 10.8. The van der Waals surface area contributed by atoms with Gasteiger partial charge in [-0.05, 0) is 43.3 Å². The summed E-state index contributed by atoms with van der Waals surface area (Å²) in [4.78, 5) is 18.0. The van der Waals surface area contributed by atoms with Crippen molar-refractivity contribution < 1.29 is 9.53 Å². The number of carbonyl (C=O) groups excluding carboxylic acids is 1. The summed E-state index contributed by atoms with van der Waals surface area (Å²) in [5.41, 5.74) is 3.48. The maximum absolute atomic E-state index is 13.3. The van der Waals surface area contributed by atoms with Crippen molar-refractivity contribution in [3.05, 3.63) is 90.8 Å². The van der Waals surface area contributed by atoms with E-state index in [1.807, 2.05) is 37.3 Å². The number of anilines is 1. The fourth-order valence-electron chi connectivity index (χ4n) is 3.49. The molecule has 1 N–H and O–H groups in total. The molecule has 162 valence electrons. The van der Waals surface area contributed by atoms with Crippen LogP contribution in [0.15, 0.2) is 85.2 Å². The number of nitrogens with one attached hydrogen (secondary N) is 1. The van der Waals surface area contributed by atoms with Gasteiger partial charge in [0.25, 0.3) is 5.91 Å². The highest BCUT2D eigenvalue weighted by atomic mass is 16.5. The average Bonchev–Trinajstić information content (AvgIpc) is 3.29. The van der Waals surface area contributed by atoms with Crippen molar-refractivity contribution in [2.24, 2.45) is 0 Å². The van der Waals surface area contributed by atoms with E-state index in [0.717, 1.165) is 11.3 Å². The van der Waals surface area contributed by atoms with Gasteiger partial charge in [0.15, 0.2) is 5.65 Å². The second-order valence-electron chi connectivity index (χ2n) is 7.26. The first-order valence-electron chi connectivity index (χ1n) is 10.5. The molecule has 0 bridgehead atoms. The average molecular weight is 436 g/mol. The SMILES string of the molecule is CCn1ncc2c(C(=O)Nc3ccc(Oc4cccnn4)cc3)cc(-c3ccccc3)nc21. The lowest BCUT2D eigenvalue weighted by Crippen LogP contribution is -2.13. The minimum atomic E-state index is -0.238. The van der Waals surface area contributed by atoms with Crippen LogP contribution in [0.5, 0.6) is 11.6 Å². The Labute approximate surface area is 189 Å². The highest BCUT2D eigenvalue weighted by Gasteiger charge is 2.17. The van der Waals surface area contributed by atoms with Gasteiger partial charge < -0.3 is 10.1 Å². The predicted octanol–water partition coefficient (Wildman–Crippen LogP) is 4.95. The number of aromatic nitrogens is 5. The van der Waals surface area contributed by atoms with E-state index in [2.05, 4.69) is 20.6 Å². The van der Waals surface area contributed by atoms with Gasteiger partial charge in [-0.2, -0.15) is 10.2 Å². The number of ether oxygens (including phenoxy) is 1. The van der Waals surface area contributed by atoms with Crippen LogP contribution in [-0.4, -0.2) is 30.9 Å². The zero-order chi connectivity index (χ0) is 22.6. The molecule has 0 aliphatic heterocycles. The summed E-state index contributed by atoms with van der Waals surface area (Å²) in [5, 5.41) is 15.8. The number of benzene rings is 2. The van der Waals surface area contributed by atoms with Gasteiger partial charge in [-0.15, -0.1) is 5.10 Å². The molecule has 0 saturated carbocycles. The van der Waals surface area contributed by atoms with Crippen LogP contribution in [-0.2, 0) is 6.54 Å². The van der Waals surface area contributed by atoms with Crippen molar-refractivity contribution in [2.45, 2.75) is 13.5 Å². The molecule has 5 aromatic rings. The third kappa shape index (κ3) is 4.27. The van der Waals surface area contributed by atoms with Crippen LogP contribution in [0.2, 0.25) is 0 Å². The van der Waals surface area contributed by atoms with E-state index in [1.54, 1.807) is 59.5 Å². The van der Waals surface area contributed by atoms with Gasteiger partial charge in [-0.25, -0.2) is 9.67 Å². The van der Waals surface area contributed by atoms with Crippen molar-refractivity contribution in [1.82, 2.24) is 25.0 Å². The van der Waals surface area contributed by atoms with Crippen LogP contribution in [0.3, 0.4) is 0 Å². The molecule has 0 aliphatic carbocycles. The van der Waals surface area contributed by atoms with E-state index < -0.39 is 0 Å². The second-order valence-corrected chi connectivity index (χ2v) is 7.26. The van der Waals surface area contributed by atoms with Crippen LogP contribution >= 0.6 is 0 Å². The first-order valence-corrected chi connectivity index (χ1v) is 10.5. The summed E-state index contributed by atoms with van der Waals surface area (Å²) in [7, 11) is 0. The largest absolute Gasteiger partial charge is 0.438 e. The Morgan fingerprint density at radius 2 is 1.85 bits per heavy atom. The maximum Gasteiger partial charge on any atom is 0.256 e. The molecule has 5 rings (SSSR count). The summed E-state index contributed by atoms with van der Waals surface area (Å²) in [6.45, 7) is 2.65. The summed E-state index contributed by atoms with van der Waals surface area (Å²) >= 11 is 0. The Bertz CT molecular complexity index is 1400. The summed E-state index contributed by atoms with van der Waals surface area (Å²) < 4.78 is 7.44. The molecule has 0 aliphatic rings. The lowest BCUT2D eigenvalue weighted by molar-refractivity contribution is 0.102. The third-order valence-corrected chi connectivity index (χ3v) is 5.11. The molecule has 0 radical (unpaired) electrons. The molecule has 2 aromatic carbocycles. The number of aryl methyl sites for hydroxylation is 1. The fraction of sp³-hybridized carbons (Fsp3) is 0.0800. The topological polar surface area (TPSA) is 94.8 Å². The first kappa shape index (κ1) is 20.3. The fourth-order valence-corrected chi connectivity index (χ4v) is 3.49. The number of amides is 1. The smallest absolute Gasteiger partial charge is 0.256 e. The van der Waals surface area contributed by atoms with Crippen molar-refractivity contribution in [1.29, 1.82) is 0 Å². The van der Waals surface area contributed by atoms with E-state index >= 15 is 0 Å². The van der Waals surface area contributed by atoms with E-state index in [9.17, 15) is 4.79 Å². The molecular formula is C25H20N6O2. The van der Waals surface area contributed by atoms with Gasteiger partial charge in [-0.3, -0.25) is 4.79 Å². The van der Waals surface area contributed by atoms with E-state index in [-0.39, 0.29) is 5.91 Å². The number of nitrogens with zero attached hydrogens (tertiary/aromatic N) is 5. The van der Waals surface area contributed by atoms with Crippen LogP contribution in [0, 0.1) is 0 Å². The minimum absolute atomic E-state index is 0.238. The number of hydrogen-bond acceptors (Lipinski definition) is 6. The lowest BCUT2D eigenvalue weighted by atomic mass is 10.1. The molecule has 8 heteroatoms. The molecule has 3 heterocycles. The van der Waals surface area contributed by atoms with Crippen LogP contribution in [0.25, 0.3) is 22.3 Å². The maximum atomic E-state index is 13.3. The Balaban J connectivity index is 1.44. The van der Waals surface area contributed by atoms with Gasteiger partial charge in [0.05, 0.1) is 22.8 Å². The van der Waals surface area contributed by atoms with E-state index in [1.165, 1.54) is 0 Å². The van der Waals surface area contributed by atoms with Crippen molar-refractivity contribution in [3.63, 3.8) is 0 Å². The number of carbonyl (C=O) groups is 1. The van der Waals surface area contributed by atoms with Crippen molar-refractivity contribution >= 4 is 22.6 Å². The zero-order valence-corrected chi connectivity index (χ0v) is 17.8. The number of hydrogen-bond donors (Lipinski definition) is 1. The molecule has 1 amide bonds. The highest BCUT2D eigenvalue weighted by Crippen LogP contribution is 2.26. The monoisotopic (exact) mass is 436 g/mol. The summed E-state index contributed by atoms with van der Waals surface area (Å²) in [5.74, 6) is 0.753. The van der Waals surface area contributed by atoms with Gasteiger partial charge in [0.2, 0.25) is 5.88 Å². The van der Waals surface area contributed by atoms with Crippen LogP contribution in [0.4, 0.5) is 5.69 Å². The molecule has 0 spiro atoms. The Hall–Kier alpha value is -4.59. The lowest BCUT2D eigenvalue weighted by Gasteiger charge is -2.10. The van der Waals surface area contributed by atoms with Crippen molar-refractivity contribution in [2.75, 3.05) is 5.32 Å². The molecule has 8 nitrogen and oxygen atoms in total. The zero-order valence-electron chi connectivity index (χ0n) is 17.8. The third-order valence-electron chi connectivity index (χ3n) is 5.11. The molecular weight excluding hydrogens is 416 g/mol. The Kier molecular flexibility index (Phi) is 5.47.